The van der Waals surface area contributed by atoms with Gasteiger partial charge in [0.15, 0.2) is 0 Å². The highest BCUT2D eigenvalue weighted by Gasteiger charge is 2.13. The van der Waals surface area contributed by atoms with Crippen molar-refractivity contribution in [3.63, 3.8) is 0 Å². The SMILES string of the molecule is CNC(c1ccc(CCOC)cc1)c1ccc(Br)s1. The summed E-state index contributed by atoms with van der Waals surface area (Å²) in [6, 6.07) is 13.3. The first kappa shape index (κ1) is 14.7. The highest BCUT2D eigenvalue weighted by atomic mass is 79.9. The molecule has 1 aromatic heterocycles. The zero-order chi connectivity index (χ0) is 13.7. The smallest absolute Gasteiger partial charge is 0.0702 e. The predicted octanol–water partition coefficient (Wildman–Crippen LogP) is 4.01. The lowest BCUT2D eigenvalue weighted by molar-refractivity contribution is 0.202. The Balaban J connectivity index is 2.15. The molecule has 2 rings (SSSR count). The molecule has 0 amide bonds. The second-order valence-corrected chi connectivity index (χ2v) is 6.84. The van der Waals surface area contributed by atoms with Gasteiger partial charge in [0.05, 0.1) is 16.4 Å². The predicted molar refractivity (Wildman–Crippen MR) is 84.9 cm³/mol. The van der Waals surface area contributed by atoms with Crippen LogP contribution in [-0.2, 0) is 11.2 Å². The third kappa shape index (κ3) is 3.89. The lowest BCUT2D eigenvalue weighted by Gasteiger charge is -2.15. The van der Waals surface area contributed by atoms with Gasteiger partial charge in [-0.1, -0.05) is 24.3 Å². The number of benzene rings is 1. The molecular formula is C15H18BrNOS. The molecule has 1 N–H and O–H groups in total. The van der Waals surface area contributed by atoms with Crippen LogP contribution in [0.25, 0.3) is 0 Å². The van der Waals surface area contributed by atoms with Crippen LogP contribution in [0.1, 0.15) is 22.0 Å². The quantitative estimate of drug-likeness (QED) is 0.858. The van der Waals surface area contributed by atoms with Gasteiger partial charge in [-0.05, 0) is 52.7 Å². The minimum absolute atomic E-state index is 0.257. The van der Waals surface area contributed by atoms with E-state index in [9.17, 15) is 0 Å². The topological polar surface area (TPSA) is 21.3 Å². The van der Waals surface area contributed by atoms with Crippen molar-refractivity contribution in [1.29, 1.82) is 0 Å². The molecule has 1 unspecified atom stereocenters. The number of ether oxygens (including phenoxy) is 1. The maximum atomic E-state index is 5.10. The molecule has 4 heteroatoms. The van der Waals surface area contributed by atoms with E-state index < -0.39 is 0 Å². The summed E-state index contributed by atoms with van der Waals surface area (Å²) in [7, 11) is 3.73. The molecule has 0 fully saturated rings. The molecule has 1 atom stereocenters. The zero-order valence-electron chi connectivity index (χ0n) is 11.2. The van der Waals surface area contributed by atoms with Crippen LogP contribution >= 0.6 is 27.3 Å². The van der Waals surface area contributed by atoms with Crippen molar-refractivity contribution in [3.8, 4) is 0 Å². The van der Waals surface area contributed by atoms with Crippen LogP contribution < -0.4 is 5.32 Å². The van der Waals surface area contributed by atoms with E-state index in [0.29, 0.717) is 0 Å². The molecule has 0 saturated carbocycles. The Kier molecular flexibility index (Phi) is 5.58. The van der Waals surface area contributed by atoms with Crippen LogP contribution in [0.4, 0.5) is 0 Å². The molecule has 0 radical (unpaired) electrons. The van der Waals surface area contributed by atoms with E-state index in [4.69, 9.17) is 4.74 Å². The van der Waals surface area contributed by atoms with E-state index in [1.54, 1.807) is 18.4 Å². The van der Waals surface area contributed by atoms with Gasteiger partial charge in [-0.15, -0.1) is 11.3 Å². The fourth-order valence-electron chi connectivity index (χ4n) is 2.05. The second kappa shape index (κ2) is 7.20. The molecule has 0 spiro atoms. The van der Waals surface area contributed by atoms with Crippen molar-refractivity contribution in [2.45, 2.75) is 12.5 Å². The third-order valence-corrected chi connectivity index (χ3v) is 4.76. The first-order valence-corrected chi connectivity index (χ1v) is 7.86. The number of halogens is 1. The number of hydrogen-bond donors (Lipinski definition) is 1. The van der Waals surface area contributed by atoms with E-state index in [1.165, 1.54) is 19.8 Å². The maximum absolute atomic E-state index is 5.10. The van der Waals surface area contributed by atoms with Crippen molar-refractivity contribution in [2.75, 3.05) is 20.8 Å². The number of hydrogen-bond acceptors (Lipinski definition) is 3. The average molecular weight is 340 g/mol. The van der Waals surface area contributed by atoms with E-state index >= 15 is 0 Å². The van der Waals surface area contributed by atoms with Crippen LogP contribution in [-0.4, -0.2) is 20.8 Å². The molecule has 0 bridgehead atoms. The highest BCUT2D eigenvalue weighted by molar-refractivity contribution is 9.11. The second-order valence-electron chi connectivity index (χ2n) is 4.35. The van der Waals surface area contributed by atoms with Gasteiger partial charge in [0.2, 0.25) is 0 Å². The molecule has 0 aliphatic heterocycles. The summed E-state index contributed by atoms with van der Waals surface area (Å²) in [5.41, 5.74) is 2.60. The number of thiophene rings is 1. The summed E-state index contributed by atoms with van der Waals surface area (Å²) in [6.07, 6.45) is 0.964. The number of methoxy groups -OCH3 is 1. The lowest BCUT2D eigenvalue weighted by atomic mass is 10.0. The van der Waals surface area contributed by atoms with E-state index in [1.807, 2.05) is 7.05 Å². The van der Waals surface area contributed by atoms with Gasteiger partial charge >= 0.3 is 0 Å². The van der Waals surface area contributed by atoms with Gasteiger partial charge in [0.1, 0.15) is 0 Å². The molecule has 2 aromatic rings. The first-order chi connectivity index (χ1) is 9.24. The van der Waals surface area contributed by atoms with E-state index in [-0.39, 0.29) is 6.04 Å². The third-order valence-electron chi connectivity index (χ3n) is 3.08. The standard InChI is InChI=1S/C15H18BrNOS/c1-17-15(13-7-8-14(16)19-13)12-5-3-11(4-6-12)9-10-18-2/h3-8,15,17H,9-10H2,1-2H3. The van der Waals surface area contributed by atoms with Crippen molar-refractivity contribution in [2.24, 2.45) is 0 Å². The van der Waals surface area contributed by atoms with Crippen molar-refractivity contribution in [3.05, 3.63) is 56.2 Å². The van der Waals surface area contributed by atoms with Crippen molar-refractivity contribution in [1.82, 2.24) is 5.32 Å². The molecule has 0 aliphatic rings. The molecule has 1 heterocycles. The van der Waals surface area contributed by atoms with Crippen LogP contribution in [0.2, 0.25) is 0 Å². The summed E-state index contributed by atoms with van der Waals surface area (Å²) in [6.45, 7) is 0.771. The fourth-order valence-corrected chi connectivity index (χ4v) is 3.62. The molecule has 1 aromatic carbocycles. The molecule has 0 aliphatic carbocycles. The Labute approximate surface area is 126 Å². The lowest BCUT2D eigenvalue weighted by Crippen LogP contribution is -2.16. The highest BCUT2D eigenvalue weighted by Crippen LogP contribution is 2.31. The van der Waals surface area contributed by atoms with Crippen molar-refractivity contribution < 1.29 is 4.74 Å². The van der Waals surface area contributed by atoms with Crippen molar-refractivity contribution >= 4 is 27.3 Å². The van der Waals surface area contributed by atoms with Gasteiger partial charge in [-0.3, -0.25) is 0 Å². The van der Waals surface area contributed by atoms with Crippen LogP contribution in [0.15, 0.2) is 40.2 Å². The fraction of sp³-hybridized carbons (Fsp3) is 0.333. The van der Waals surface area contributed by atoms with Gasteiger partial charge in [0, 0.05) is 12.0 Å². The van der Waals surface area contributed by atoms with Crippen LogP contribution in [0, 0.1) is 0 Å². The van der Waals surface area contributed by atoms with Gasteiger partial charge < -0.3 is 10.1 Å². The number of rotatable bonds is 6. The minimum Gasteiger partial charge on any atom is -0.384 e. The first-order valence-electron chi connectivity index (χ1n) is 6.25. The monoisotopic (exact) mass is 339 g/mol. The summed E-state index contributed by atoms with van der Waals surface area (Å²) in [5, 5.41) is 3.38. The average Bonchev–Trinajstić information content (AvgIpc) is 2.85. The maximum Gasteiger partial charge on any atom is 0.0702 e. The normalized spacial score (nSPS) is 12.6. The van der Waals surface area contributed by atoms with E-state index in [0.717, 1.165) is 13.0 Å². The molecule has 0 saturated heterocycles. The van der Waals surface area contributed by atoms with Gasteiger partial charge in [-0.2, -0.15) is 0 Å². The number of nitrogens with one attached hydrogen (secondary N) is 1. The molecular weight excluding hydrogens is 322 g/mol. The largest absolute Gasteiger partial charge is 0.384 e. The molecule has 19 heavy (non-hydrogen) atoms. The summed E-state index contributed by atoms with van der Waals surface area (Å²) in [4.78, 5) is 1.32. The summed E-state index contributed by atoms with van der Waals surface area (Å²) >= 11 is 5.29. The van der Waals surface area contributed by atoms with E-state index in [2.05, 4.69) is 57.6 Å². The summed E-state index contributed by atoms with van der Waals surface area (Å²) in [5.74, 6) is 0. The Morgan fingerprint density at radius 1 is 1.21 bits per heavy atom. The Morgan fingerprint density at radius 3 is 2.47 bits per heavy atom. The zero-order valence-corrected chi connectivity index (χ0v) is 13.6. The molecule has 102 valence electrons. The van der Waals surface area contributed by atoms with Crippen LogP contribution in [0.3, 0.4) is 0 Å². The molecule has 2 nitrogen and oxygen atoms in total. The Bertz CT molecular complexity index is 509. The summed E-state index contributed by atoms with van der Waals surface area (Å²) < 4.78 is 6.27. The minimum atomic E-state index is 0.257. The van der Waals surface area contributed by atoms with Gasteiger partial charge in [-0.25, -0.2) is 0 Å². The Hall–Kier alpha value is -0.680. The Morgan fingerprint density at radius 2 is 1.95 bits per heavy atom. The van der Waals surface area contributed by atoms with Crippen LogP contribution in [0.5, 0.6) is 0 Å². The van der Waals surface area contributed by atoms with Gasteiger partial charge in [0.25, 0.3) is 0 Å².